The fourth-order valence-electron chi connectivity index (χ4n) is 4.18. The van der Waals surface area contributed by atoms with E-state index in [1.807, 2.05) is 61.5 Å². The highest BCUT2D eigenvalue weighted by molar-refractivity contribution is 8.18. The van der Waals surface area contributed by atoms with Crippen molar-refractivity contribution in [1.29, 1.82) is 0 Å². The fourth-order valence-corrected chi connectivity index (χ4v) is 5.04. The van der Waals surface area contributed by atoms with Gasteiger partial charge in [-0.2, -0.15) is 0 Å². The van der Waals surface area contributed by atoms with Gasteiger partial charge in [-0.1, -0.05) is 68.4 Å². The maximum Gasteiger partial charge on any atom is 0.293 e. The maximum absolute atomic E-state index is 12.9. The number of anilines is 1. The molecule has 39 heavy (non-hydrogen) atoms. The first-order chi connectivity index (χ1) is 18.9. The third-order valence-corrected chi connectivity index (χ3v) is 7.03. The number of ether oxygens (including phenoxy) is 2. The maximum atomic E-state index is 12.9. The van der Waals surface area contributed by atoms with Crippen LogP contribution >= 0.6 is 11.8 Å². The molecular weight excluding hydrogens is 512 g/mol. The summed E-state index contributed by atoms with van der Waals surface area (Å²) in [6, 6.07) is 22.6. The predicted octanol–water partition coefficient (Wildman–Crippen LogP) is 6.51. The van der Waals surface area contributed by atoms with Crippen molar-refractivity contribution in [2.24, 2.45) is 0 Å². The Labute approximate surface area is 233 Å². The second-order valence-electron chi connectivity index (χ2n) is 9.29. The van der Waals surface area contributed by atoms with Gasteiger partial charge >= 0.3 is 0 Å². The first-order valence-electron chi connectivity index (χ1n) is 12.9. The Hall–Kier alpha value is -4.04. The number of hydrogen-bond acceptors (Lipinski definition) is 6. The number of rotatable bonds is 11. The summed E-state index contributed by atoms with van der Waals surface area (Å²) in [4.78, 5) is 39.7. The smallest absolute Gasteiger partial charge is 0.293 e. The summed E-state index contributed by atoms with van der Waals surface area (Å²) in [7, 11) is 0. The van der Waals surface area contributed by atoms with Crippen molar-refractivity contribution in [2.45, 2.75) is 33.1 Å². The molecule has 1 N–H and O–H groups in total. The van der Waals surface area contributed by atoms with Crippen LogP contribution in [0.2, 0.25) is 0 Å². The number of nitrogens with one attached hydrogen (secondary N) is 1. The molecule has 0 radical (unpaired) electrons. The Morgan fingerprint density at radius 1 is 0.974 bits per heavy atom. The average molecular weight is 545 g/mol. The molecule has 0 unspecified atom stereocenters. The summed E-state index contributed by atoms with van der Waals surface area (Å²) < 4.78 is 11.5. The van der Waals surface area contributed by atoms with Gasteiger partial charge in [0.05, 0.1) is 11.5 Å². The van der Waals surface area contributed by atoms with Crippen LogP contribution in [0.5, 0.6) is 11.5 Å². The number of benzene rings is 3. The van der Waals surface area contributed by atoms with E-state index in [2.05, 4.69) is 19.2 Å². The highest BCUT2D eigenvalue weighted by Gasteiger charge is 2.34. The quantitative estimate of drug-likeness (QED) is 0.277. The molecule has 7 nitrogen and oxygen atoms in total. The summed E-state index contributed by atoms with van der Waals surface area (Å²) in [6.45, 7) is 6.53. The second-order valence-corrected chi connectivity index (χ2v) is 10.3. The Morgan fingerprint density at radius 2 is 1.72 bits per heavy atom. The van der Waals surface area contributed by atoms with Gasteiger partial charge < -0.3 is 14.8 Å². The van der Waals surface area contributed by atoms with Crippen LogP contribution in [-0.2, 0) is 16.0 Å². The Morgan fingerprint density at radius 3 is 2.46 bits per heavy atom. The lowest BCUT2D eigenvalue weighted by Crippen LogP contribution is -2.30. The molecule has 3 amide bonds. The molecule has 1 fully saturated rings. The summed E-state index contributed by atoms with van der Waals surface area (Å²) >= 11 is 0.927. The number of carbonyl (C=O) groups excluding carboxylic acids is 3. The average Bonchev–Trinajstić information content (AvgIpc) is 3.19. The zero-order chi connectivity index (χ0) is 27.8. The third-order valence-electron chi connectivity index (χ3n) is 6.12. The molecule has 0 spiro atoms. The third kappa shape index (κ3) is 7.29. The molecule has 1 heterocycles. The second kappa shape index (κ2) is 13.2. The fraction of sp³-hybridized carbons (Fsp3) is 0.258. The molecule has 8 heteroatoms. The zero-order valence-corrected chi connectivity index (χ0v) is 23.1. The first kappa shape index (κ1) is 28.0. The summed E-state index contributed by atoms with van der Waals surface area (Å²) in [5.41, 5.74) is 3.57. The Bertz CT molecular complexity index is 1370. The van der Waals surface area contributed by atoms with Crippen molar-refractivity contribution in [3.05, 3.63) is 94.4 Å². The number of para-hydroxylation sites is 1. The van der Waals surface area contributed by atoms with E-state index in [1.165, 1.54) is 4.90 Å². The summed E-state index contributed by atoms with van der Waals surface area (Å²) in [6.07, 6.45) is 2.28. The van der Waals surface area contributed by atoms with Gasteiger partial charge in [-0.15, -0.1) is 0 Å². The van der Waals surface area contributed by atoms with Crippen LogP contribution in [0.1, 0.15) is 43.4 Å². The molecule has 1 aliphatic rings. The van der Waals surface area contributed by atoms with Gasteiger partial charge in [0.1, 0.15) is 0 Å². The van der Waals surface area contributed by atoms with Crippen molar-refractivity contribution in [3.63, 3.8) is 0 Å². The molecule has 4 rings (SSSR count). The van der Waals surface area contributed by atoms with Gasteiger partial charge in [0.25, 0.3) is 17.1 Å². The lowest BCUT2D eigenvalue weighted by molar-refractivity contribution is -0.122. The van der Waals surface area contributed by atoms with Crippen LogP contribution in [0.3, 0.4) is 0 Å². The van der Waals surface area contributed by atoms with Crippen LogP contribution < -0.4 is 14.8 Å². The molecule has 202 valence electrons. The van der Waals surface area contributed by atoms with E-state index >= 15 is 0 Å². The van der Waals surface area contributed by atoms with Crippen LogP contribution in [0, 0.1) is 0 Å². The highest BCUT2D eigenvalue weighted by atomic mass is 32.2. The van der Waals surface area contributed by atoms with E-state index in [1.54, 1.807) is 24.3 Å². The SMILES string of the molecule is CCOc1cc(/C=C2/SC(=O)N(CCc3ccccc3)C2=O)ccc1OCC(=O)Nc1ccccc1C(C)C. The normalized spacial score (nSPS) is 14.3. The van der Waals surface area contributed by atoms with E-state index in [0.717, 1.165) is 28.6 Å². The van der Waals surface area contributed by atoms with Gasteiger partial charge in [0, 0.05) is 12.2 Å². The van der Waals surface area contributed by atoms with E-state index < -0.39 is 0 Å². The standard InChI is InChI=1S/C31H32N2O5S/c1-4-37-27-18-23(19-28-30(35)33(31(36)39-28)17-16-22-10-6-5-7-11-22)14-15-26(27)38-20-29(34)32-25-13-9-8-12-24(25)21(2)3/h5-15,18-19,21H,4,16-17,20H2,1-3H3,(H,32,34)/b28-19+. The largest absolute Gasteiger partial charge is 0.490 e. The zero-order valence-electron chi connectivity index (χ0n) is 22.3. The molecule has 1 aliphatic heterocycles. The first-order valence-corrected chi connectivity index (χ1v) is 13.7. The van der Waals surface area contributed by atoms with Gasteiger partial charge in [-0.25, -0.2) is 0 Å². The molecule has 0 aliphatic carbocycles. The number of carbonyl (C=O) groups is 3. The van der Waals surface area contributed by atoms with Gasteiger partial charge in [0.2, 0.25) is 0 Å². The Kier molecular flexibility index (Phi) is 9.44. The van der Waals surface area contributed by atoms with Crippen molar-refractivity contribution in [3.8, 4) is 11.5 Å². The minimum Gasteiger partial charge on any atom is -0.490 e. The van der Waals surface area contributed by atoms with E-state index in [4.69, 9.17) is 9.47 Å². The molecule has 0 aromatic heterocycles. The predicted molar refractivity (Wildman–Crippen MR) is 155 cm³/mol. The minimum atomic E-state index is -0.308. The number of imide groups is 1. The van der Waals surface area contributed by atoms with E-state index in [-0.39, 0.29) is 29.6 Å². The molecule has 1 saturated heterocycles. The lowest BCUT2D eigenvalue weighted by Gasteiger charge is -2.15. The Balaban J connectivity index is 1.41. The number of amides is 3. The van der Waals surface area contributed by atoms with Crippen molar-refractivity contribution in [2.75, 3.05) is 25.1 Å². The van der Waals surface area contributed by atoms with Crippen LogP contribution in [-0.4, -0.2) is 41.7 Å². The highest BCUT2D eigenvalue weighted by Crippen LogP contribution is 2.35. The number of thioether (sulfide) groups is 1. The minimum absolute atomic E-state index is 0.188. The summed E-state index contributed by atoms with van der Waals surface area (Å²) in [5, 5.41) is 2.64. The molecular formula is C31H32N2O5S. The van der Waals surface area contributed by atoms with Crippen LogP contribution in [0.15, 0.2) is 77.7 Å². The monoisotopic (exact) mass is 544 g/mol. The van der Waals surface area contributed by atoms with Gasteiger partial charge in [0.15, 0.2) is 18.1 Å². The molecule has 0 saturated carbocycles. The van der Waals surface area contributed by atoms with Crippen LogP contribution in [0.25, 0.3) is 6.08 Å². The number of nitrogens with zero attached hydrogens (tertiary/aromatic N) is 1. The molecule has 0 atom stereocenters. The molecule has 0 bridgehead atoms. The van der Waals surface area contributed by atoms with Crippen LogP contribution in [0.4, 0.5) is 10.5 Å². The van der Waals surface area contributed by atoms with E-state index in [9.17, 15) is 14.4 Å². The molecule has 3 aromatic rings. The van der Waals surface area contributed by atoms with Gasteiger partial charge in [-0.3, -0.25) is 19.3 Å². The topological polar surface area (TPSA) is 84.9 Å². The van der Waals surface area contributed by atoms with Crippen molar-refractivity contribution < 1.29 is 23.9 Å². The van der Waals surface area contributed by atoms with E-state index in [0.29, 0.717) is 41.5 Å². The lowest BCUT2D eigenvalue weighted by atomic mass is 10.0. The van der Waals surface area contributed by atoms with Crippen molar-refractivity contribution in [1.82, 2.24) is 4.90 Å². The van der Waals surface area contributed by atoms with Crippen molar-refractivity contribution >= 4 is 40.6 Å². The van der Waals surface area contributed by atoms with Gasteiger partial charge in [-0.05, 0) is 72.0 Å². The molecule has 3 aromatic carbocycles. The summed E-state index contributed by atoms with van der Waals surface area (Å²) in [5.74, 6) is 0.545. The number of hydrogen-bond donors (Lipinski definition) is 1.